The Balaban J connectivity index is 0.000000235. The van der Waals surface area contributed by atoms with E-state index in [1.165, 1.54) is 23.2 Å². The molecule has 3 aromatic rings. The van der Waals surface area contributed by atoms with Crippen molar-refractivity contribution in [2.24, 2.45) is 11.5 Å². The molecule has 5 heterocycles. The van der Waals surface area contributed by atoms with Crippen LogP contribution < -0.4 is 28.5 Å². The van der Waals surface area contributed by atoms with Crippen LogP contribution in [0, 0.1) is 0 Å². The minimum absolute atomic E-state index is 0.0210. The Morgan fingerprint density at radius 1 is 0.907 bits per heavy atom. The maximum atomic E-state index is 11.6. The highest BCUT2D eigenvalue weighted by atomic mass is 31.2. The number of imidazole rings is 1. The van der Waals surface area contributed by atoms with E-state index in [-0.39, 0.29) is 17.0 Å². The summed E-state index contributed by atoms with van der Waals surface area (Å²) >= 11 is 0. The minimum atomic E-state index is -4.74. The lowest BCUT2D eigenvalue weighted by molar-refractivity contribution is -0.138. The number of anilines is 1. The summed E-state index contributed by atoms with van der Waals surface area (Å²) in [4.78, 5) is 81.5. The van der Waals surface area contributed by atoms with Crippen LogP contribution in [0.15, 0.2) is 34.5 Å². The third kappa shape index (κ3) is 12.5. The molecule has 29 heteroatoms. The number of unbranched alkanes of at least 4 members (excludes halogenated alkanes) is 1. The summed E-state index contributed by atoms with van der Waals surface area (Å²) < 4.78 is 42.5. The third-order valence-electron chi connectivity index (χ3n) is 7.54. The molecule has 27 nitrogen and oxygen atoms in total. The van der Waals surface area contributed by atoms with E-state index in [0.717, 1.165) is 23.7 Å². The number of nitrogen functional groups attached to an aromatic ring is 1. The minimum Gasteiger partial charge on any atom is -0.480 e. The van der Waals surface area contributed by atoms with Crippen molar-refractivity contribution in [1.82, 2.24) is 29.1 Å². The van der Waals surface area contributed by atoms with Crippen molar-refractivity contribution in [2.45, 2.75) is 74.4 Å². The van der Waals surface area contributed by atoms with Gasteiger partial charge in [0.25, 0.3) is 5.56 Å². The summed E-state index contributed by atoms with van der Waals surface area (Å²) in [6.45, 7) is -0.678. The molecule has 2 saturated heterocycles. The van der Waals surface area contributed by atoms with Gasteiger partial charge in [0.2, 0.25) is 0 Å². The lowest BCUT2D eigenvalue weighted by atomic mass is 10.1. The monoisotopic (exact) mass is 817 g/mol. The fourth-order valence-corrected chi connectivity index (χ4v) is 5.52. The maximum Gasteiger partial charge on any atom is 0.469 e. The van der Waals surface area contributed by atoms with E-state index in [1.54, 1.807) is 0 Å². The highest BCUT2D eigenvalue weighted by molar-refractivity contribution is 7.46. The number of rotatable bonds is 13. The number of nitrogens with zero attached hydrogens (tertiary/aromatic N) is 5. The predicted octanol–water partition coefficient (Wildman–Crippen LogP) is -5.07. The van der Waals surface area contributed by atoms with Crippen molar-refractivity contribution in [3.63, 3.8) is 0 Å². The number of hydrogen-bond donors (Lipinski definition) is 13. The molecular weight excluding hydrogens is 776 g/mol. The Bertz CT molecular complexity index is 1900. The molecule has 0 bridgehead atoms. The van der Waals surface area contributed by atoms with Gasteiger partial charge >= 0.3 is 27.3 Å². The normalized spacial score (nSPS) is 26.1. The Morgan fingerprint density at radius 2 is 1.44 bits per heavy atom. The number of phosphoric acid groups is 2. The van der Waals surface area contributed by atoms with Gasteiger partial charge in [-0.2, -0.15) is 4.98 Å². The van der Waals surface area contributed by atoms with Crippen molar-refractivity contribution >= 4 is 38.6 Å². The van der Waals surface area contributed by atoms with Gasteiger partial charge in [0.15, 0.2) is 23.6 Å². The fourth-order valence-electron chi connectivity index (χ4n) is 4.84. The Kier molecular flexibility index (Phi) is 16.0. The molecule has 9 atom stereocenters. The number of H-pyrrole nitrogens is 1. The van der Waals surface area contributed by atoms with Crippen LogP contribution >= 0.6 is 15.6 Å². The molecule has 0 radical (unpaired) electrons. The first-order valence-electron chi connectivity index (χ1n) is 15.5. The molecule has 304 valence electrons. The van der Waals surface area contributed by atoms with Crippen molar-refractivity contribution in [3.05, 3.63) is 45.8 Å². The average molecular weight is 818 g/mol. The highest BCUT2D eigenvalue weighted by Crippen LogP contribution is 2.39. The van der Waals surface area contributed by atoms with Gasteiger partial charge in [-0.05, 0) is 25.5 Å². The number of carboxylic acid groups (broad SMARTS) is 1. The van der Waals surface area contributed by atoms with E-state index in [1.807, 2.05) is 0 Å². The molecule has 16 N–H and O–H groups in total. The second kappa shape index (κ2) is 19.3. The summed E-state index contributed by atoms with van der Waals surface area (Å²) in [6, 6.07) is 0.579. The van der Waals surface area contributed by atoms with Crippen LogP contribution in [-0.2, 0) is 32.4 Å². The molecule has 2 aliphatic rings. The molecule has 0 aromatic carbocycles. The fraction of sp³-hybridized carbons (Fsp3) is 0.600. The SMILES string of the molecule is NCCCC[C@H](N)C(=O)O.Nc1ccn([C@@H]2O[C@H](COP(=O)(O)O)[C@@H](O)[C@H]2O)c(=O)n1.O=c1[nH]cnc2c1ncn2[C@@H]1O[C@H](COP(=O)(O)O)[C@@H](O)[C@H]1O. The van der Waals surface area contributed by atoms with Crippen LogP contribution in [0.2, 0.25) is 0 Å². The number of hydrogen-bond acceptors (Lipinski definition) is 19. The van der Waals surface area contributed by atoms with Gasteiger partial charge < -0.3 is 76.8 Å². The number of fused-ring (bicyclic) bond motifs is 1. The van der Waals surface area contributed by atoms with Crippen LogP contribution in [0.25, 0.3) is 11.2 Å². The average Bonchev–Trinajstić information content (AvgIpc) is 3.73. The molecular formula is C25H41N9O18P2. The summed E-state index contributed by atoms with van der Waals surface area (Å²) in [5.74, 6) is -0.956. The maximum absolute atomic E-state index is 11.6. The summed E-state index contributed by atoms with van der Waals surface area (Å²) in [7, 11) is -9.48. The van der Waals surface area contributed by atoms with Crippen LogP contribution in [0.3, 0.4) is 0 Å². The Hall–Kier alpha value is -3.60. The van der Waals surface area contributed by atoms with E-state index >= 15 is 0 Å². The molecule has 2 aliphatic heterocycles. The molecule has 5 rings (SSSR count). The zero-order valence-electron chi connectivity index (χ0n) is 27.8. The zero-order chi connectivity index (χ0) is 40.5. The highest BCUT2D eigenvalue weighted by Gasteiger charge is 2.46. The summed E-state index contributed by atoms with van der Waals surface area (Å²) in [5.41, 5.74) is 14.6. The van der Waals surface area contributed by atoms with Crippen molar-refractivity contribution in [3.8, 4) is 0 Å². The number of aromatic nitrogens is 6. The van der Waals surface area contributed by atoms with Gasteiger partial charge in [-0.25, -0.2) is 23.9 Å². The van der Waals surface area contributed by atoms with E-state index in [0.29, 0.717) is 13.0 Å². The first-order valence-corrected chi connectivity index (χ1v) is 18.6. The first kappa shape index (κ1) is 44.8. The summed E-state index contributed by atoms with van der Waals surface area (Å²) in [6.07, 6.45) is -4.96. The van der Waals surface area contributed by atoms with Gasteiger partial charge in [-0.3, -0.25) is 27.8 Å². The van der Waals surface area contributed by atoms with Crippen molar-refractivity contribution < 1.29 is 77.6 Å². The number of ether oxygens (including phenoxy) is 2. The molecule has 0 spiro atoms. The summed E-state index contributed by atoms with van der Waals surface area (Å²) in [5, 5.41) is 47.9. The van der Waals surface area contributed by atoms with Crippen LogP contribution in [0.5, 0.6) is 0 Å². The molecule has 0 saturated carbocycles. The molecule has 0 amide bonds. The first-order chi connectivity index (χ1) is 25.1. The molecule has 0 unspecified atom stereocenters. The largest absolute Gasteiger partial charge is 0.480 e. The van der Waals surface area contributed by atoms with E-state index in [9.17, 15) is 43.9 Å². The molecule has 54 heavy (non-hydrogen) atoms. The van der Waals surface area contributed by atoms with Gasteiger partial charge in [-0.15, -0.1) is 0 Å². The van der Waals surface area contributed by atoms with Crippen molar-refractivity contribution in [1.29, 1.82) is 0 Å². The number of nitrogens with two attached hydrogens (primary N) is 3. The molecule has 3 aromatic heterocycles. The van der Waals surface area contributed by atoms with Gasteiger partial charge in [-0.1, -0.05) is 6.42 Å². The van der Waals surface area contributed by atoms with E-state index in [2.05, 4.69) is 29.0 Å². The van der Waals surface area contributed by atoms with E-state index in [4.69, 9.17) is 51.4 Å². The standard InChI is InChI=1S/C10H13N4O8P.C9H14N3O8P.C6H14N2O2/c15-6-4(1-21-23(18,19)20)22-10(7(6)16)14-3-13-5-8(14)11-2-12-9(5)17;10-5-1-2-12(9(15)11-5)8-7(14)6(13)4(20-8)3-19-21(16,17)18;7-4-2-1-3-5(8)6(9)10/h2-4,6-7,10,15-16H,1H2,(H,11,12,17)(H2,18,19,20);1-2,4,6-8,13-14H,3H2,(H2,10,11,15)(H2,16,17,18);5H,1-4,7-8H2,(H,9,10)/t4-,6-,7-,10-;4-,6-,7-,8-;5-/m110/s1. The smallest absolute Gasteiger partial charge is 0.469 e. The second-order valence-corrected chi connectivity index (χ2v) is 14.0. The number of aliphatic hydroxyl groups is 4. The van der Waals surface area contributed by atoms with Crippen LogP contribution in [0.1, 0.15) is 31.7 Å². The topological polar surface area (TPSA) is 447 Å². The number of carboxylic acids is 1. The number of phosphoric ester groups is 2. The lowest BCUT2D eigenvalue weighted by Crippen LogP contribution is -2.36. The molecule has 2 fully saturated rings. The number of nitrogens with one attached hydrogen (secondary N) is 1. The quantitative estimate of drug-likeness (QED) is 0.0567. The Morgan fingerprint density at radius 3 is 1.93 bits per heavy atom. The second-order valence-electron chi connectivity index (χ2n) is 11.5. The predicted molar refractivity (Wildman–Crippen MR) is 177 cm³/mol. The Labute approximate surface area is 302 Å². The van der Waals surface area contributed by atoms with Crippen LogP contribution in [-0.4, -0.2) is 143 Å². The number of aliphatic carboxylic acids is 1. The van der Waals surface area contributed by atoms with Crippen molar-refractivity contribution in [2.75, 3.05) is 25.5 Å². The zero-order valence-corrected chi connectivity index (χ0v) is 29.6. The number of carbonyl (C=O) groups is 1. The molecule has 0 aliphatic carbocycles. The van der Waals surface area contributed by atoms with Gasteiger partial charge in [0.1, 0.15) is 48.5 Å². The van der Waals surface area contributed by atoms with Crippen LogP contribution in [0.4, 0.5) is 5.82 Å². The third-order valence-corrected chi connectivity index (χ3v) is 8.51. The van der Waals surface area contributed by atoms with E-state index < -0.39 is 101 Å². The number of aliphatic hydroxyl groups excluding tert-OH is 4. The van der Waals surface area contributed by atoms with Gasteiger partial charge in [0, 0.05) is 6.20 Å². The van der Waals surface area contributed by atoms with Gasteiger partial charge in [0.05, 0.1) is 25.9 Å². The number of aromatic amines is 1. The lowest BCUT2D eigenvalue weighted by Gasteiger charge is -2.16.